The van der Waals surface area contributed by atoms with Gasteiger partial charge >= 0.3 is 0 Å². The molecule has 55 heavy (non-hydrogen) atoms. The van der Waals surface area contributed by atoms with E-state index in [1.165, 1.54) is 102 Å². The minimum atomic E-state index is 1.16. The summed E-state index contributed by atoms with van der Waals surface area (Å²) >= 11 is 1.87. The first-order valence-corrected chi connectivity index (χ1v) is 19.7. The van der Waals surface area contributed by atoms with Crippen LogP contribution < -0.4 is 0 Å². The molecule has 0 saturated heterocycles. The average Bonchev–Trinajstić information content (AvgIpc) is 3.90. The Morgan fingerprint density at radius 1 is 0.309 bits per heavy atom. The Morgan fingerprint density at radius 2 is 0.855 bits per heavy atom. The van der Waals surface area contributed by atoms with Gasteiger partial charge in [0.1, 0.15) is 0 Å². The van der Waals surface area contributed by atoms with Crippen LogP contribution >= 0.6 is 11.3 Å². The summed E-state index contributed by atoms with van der Waals surface area (Å²) in [6.45, 7) is 0. The predicted octanol–water partition coefficient (Wildman–Crippen LogP) is 14.7. The van der Waals surface area contributed by atoms with Crippen molar-refractivity contribution in [2.24, 2.45) is 0 Å². The fourth-order valence-electron chi connectivity index (χ4n) is 8.98. The van der Waals surface area contributed by atoms with Crippen molar-refractivity contribution in [3.8, 4) is 33.6 Å². The molecule has 0 spiro atoms. The van der Waals surface area contributed by atoms with Gasteiger partial charge in [0.2, 0.25) is 0 Å². The Hall–Kier alpha value is -6.94. The van der Waals surface area contributed by atoms with E-state index in [0.29, 0.717) is 0 Å². The van der Waals surface area contributed by atoms with Gasteiger partial charge in [-0.1, -0.05) is 115 Å². The molecule has 0 aliphatic rings. The van der Waals surface area contributed by atoms with E-state index in [2.05, 4.69) is 203 Å². The maximum absolute atomic E-state index is 2.42. The van der Waals surface area contributed by atoms with Gasteiger partial charge in [0.05, 0.1) is 22.1 Å². The van der Waals surface area contributed by atoms with E-state index in [9.17, 15) is 0 Å². The molecule has 0 amide bonds. The lowest BCUT2D eigenvalue weighted by Crippen LogP contribution is -1.94. The zero-order valence-corrected chi connectivity index (χ0v) is 30.6. The zero-order chi connectivity index (χ0) is 36.0. The minimum absolute atomic E-state index is 1.16. The zero-order valence-electron chi connectivity index (χ0n) is 29.8. The van der Waals surface area contributed by atoms with Crippen LogP contribution in [0.15, 0.2) is 194 Å². The van der Waals surface area contributed by atoms with Gasteiger partial charge in [0, 0.05) is 53.1 Å². The molecule has 0 N–H and O–H groups in total. The van der Waals surface area contributed by atoms with Crippen molar-refractivity contribution in [2.45, 2.75) is 0 Å². The summed E-state index contributed by atoms with van der Waals surface area (Å²) in [5.74, 6) is 0. The molecule has 3 heteroatoms. The Labute approximate surface area is 321 Å². The lowest BCUT2D eigenvalue weighted by Gasteiger charge is -2.11. The van der Waals surface area contributed by atoms with Crippen LogP contribution in [0.25, 0.3) is 108 Å². The molecule has 0 fully saturated rings. The van der Waals surface area contributed by atoms with Crippen LogP contribution in [0.3, 0.4) is 0 Å². The van der Waals surface area contributed by atoms with Gasteiger partial charge in [0.25, 0.3) is 0 Å². The highest BCUT2D eigenvalue weighted by Crippen LogP contribution is 2.42. The van der Waals surface area contributed by atoms with E-state index in [1.807, 2.05) is 11.3 Å². The molecule has 9 aromatic carbocycles. The van der Waals surface area contributed by atoms with Crippen molar-refractivity contribution in [3.63, 3.8) is 0 Å². The van der Waals surface area contributed by atoms with Crippen LogP contribution in [0.4, 0.5) is 0 Å². The van der Waals surface area contributed by atoms with E-state index in [-0.39, 0.29) is 0 Å². The molecule has 0 aliphatic carbocycles. The summed E-state index contributed by atoms with van der Waals surface area (Å²) in [7, 11) is 0. The third-order valence-corrected chi connectivity index (χ3v) is 12.6. The van der Waals surface area contributed by atoms with E-state index in [4.69, 9.17) is 0 Å². The standard InChI is InChI=1S/C52H32N2S/c1-2-13-38(14-3-1)54-48-28-24-37(31-44(48)45-29-34-11-4-5-12-35(34)32-49(45)54)36-23-27-47-43(30-36)41-15-6-8-18-46(41)53(47)39-25-21-33(22-26-39)40-17-10-20-51-52(40)42-16-7-9-19-50(42)55-51/h1-32H. The molecular weight excluding hydrogens is 685 g/mol. The van der Waals surface area contributed by atoms with Crippen molar-refractivity contribution < 1.29 is 0 Å². The summed E-state index contributed by atoms with van der Waals surface area (Å²) in [6.07, 6.45) is 0. The number of benzene rings is 9. The second-order valence-electron chi connectivity index (χ2n) is 14.5. The third-order valence-electron chi connectivity index (χ3n) is 11.5. The number of rotatable bonds is 4. The quantitative estimate of drug-likeness (QED) is 0.172. The van der Waals surface area contributed by atoms with Crippen molar-refractivity contribution in [3.05, 3.63) is 194 Å². The highest BCUT2D eigenvalue weighted by Gasteiger charge is 2.17. The fourth-order valence-corrected chi connectivity index (χ4v) is 10.1. The van der Waals surface area contributed by atoms with Gasteiger partial charge < -0.3 is 9.13 Å². The number of hydrogen-bond acceptors (Lipinski definition) is 1. The number of aromatic nitrogens is 2. The summed E-state index contributed by atoms with van der Waals surface area (Å²) in [5.41, 5.74) is 12.1. The molecule has 256 valence electrons. The summed E-state index contributed by atoms with van der Waals surface area (Å²) in [6, 6.07) is 71.5. The van der Waals surface area contributed by atoms with Crippen molar-refractivity contribution >= 4 is 85.9 Å². The van der Waals surface area contributed by atoms with Crippen LogP contribution in [-0.4, -0.2) is 9.13 Å². The van der Waals surface area contributed by atoms with Crippen LogP contribution in [0.1, 0.15) is 0 Å². The Balaban J connectivity index is 1.00. The monoisotopic (exact) mass is 716 g/mol. The van der Waals surface area contributed by atoms with Crippen LogP contribution in [0.5, 0.6) is 0 Å². The largest absolute Gasteiger partial charge is 0.309 e. The first-order chi connectivity index (χ1) is 27.3. The number of thiophene rings is 1. The second-order valence-corrected chi connectivity index (χ2v) is 15.6. The topological polar surface area (TPSA) is 9.86 Å². The van der Waals surface area contributed by atoms with Crippen LogP contribution in [0.2, 0.25) is 0 Å². The Morgan fingerprint density at radius 3 is 1.64 bits per heavy atom. The summed E-state index contributed by atoms with van der Waals surface area (Å²) < 4.78 is 7.49. The summed E-state index contributed by atoms with van der Waals surface area (Å²) in [5, 5.41) is 10.2. The summed E-state index contributed by atoms with van der Waals surface area (Å²) in [4.78, 5) is 0. The molecule has 0 atom stereocenters. The number of fused-ring (bicyclic) bond motifs is 10. The van der Waals surface area contributed by atoms with Gasteiger partial charge in [-0.25, -0.2) is 0 Å². The van der Waals surface area contributed by atoms with Crippen LogP contribution in [-0.2, 0) is 0 Å². The Kier molecular flexibility index (Phi) is 6.54. The van der Waals surface area contributed by atoms with Crippen molar-refractivity contribution in [1.29, 1.82) is 0 Å². The minimum Gasteiger partial charge on any atom is -0.309 e. The van der Waals surface area contributed by atoms with Gasteiger partial charge in [-0.15, -0.1) is 11.3 Å². The molecule has 0 unspecified atom stereocenters. The van der Waals surface area contributed by atoms with Crippen molar-refractivity contribution in [1.82, 2.24) is 9.13 Å². The average molecular weight is 717 g/mol. The van der Waals surface area contributed by atoms with Gasteiger partial charge in [-0.3, -0.25) is 0 Å². The molecule has 0 radical (unpaired) electrons. The number of para-hydroxylation sites is 2. The third kappa shape index (κ3) is 4.60. The normalized spacial score (nSPS) is 12.0. The van der Waals surface area contributed by atoms with Gasteiger partial charge in [-0.2, -0.15) is 0 Å². The van der Waals surface area contributed by atoms with E-state index >= 15 is 0 Å². The molecule has 12 aromatic rings. The highest BCUT2D eigenvalue weighted by atomic mass is 32.1. The maximum atomic E-state index is 2.42. The smallest absolute Gasteiger partial charge is 0.0547 e. The molecule has 3 aromatic heterocycles. The van der Waals surface area contributed by atoms with Crippen LogP contribution in [0, 0.1) is 0 Å². The molecule has 3 heterocycles. The van der Waals surface area contributed by atoms with Crippen molar-refractivity contribution in [2.75, 3.05) is 0 Å². The lowest BCUT2D eigenvalue weighted by molar-refractivity contribution is 1.18. The first-order valence-electron chi connectivity index (χ1n) is 18.8. The van der Waals surface area contributed by atoms with Gasteiger partial charge in [-0.05, 0) is 112 Å². The highest BCUT2D eigenvalue weighted by molar-refractivity contribution is 7.25. The van der Waals surface area contributed by atoms with E-state index in [0.717, 1.165) is 5.69 Å². The molecule has 0 saturated carbocycles. The predicted molar refractivity (Wildman–Crippen MR) is 236 cm³/mol. The Bertz CT molecular complexity index is 3470. The first kappa shape index (κ1) is 30.5. The molecular formula is C52H32N2S. The van der Waals surface area contributed by atoms with Gasteiger partial charge in [0.15, 0.2) is 0 Å². The lowest BCUT2D eigenvalue weighted by atomic mass is 9.99. The molecule has 12 rings (SSSR count). The number of nitrogens with zero attached hydrogens (tertiary/aromatic N) is 2. The molecule has 0 aliphatic heterocycles. The van der Waals surface area contributed by atoms with E-state index < -0.39 is 0 Å². The van der Waals surface area contributed by atoms with E-state index in [1.54, 1.807) is 0 Å². The molecule has 0 bridgehead atoms. The fraction of sp³-hybridized carbons (Fsp3) is 0. The number of hydrogen-bond donors (Lipinski definition) is 0. The second kappa shape index (κ2) is 11.8. The maximum Gasteiger partial charge on any atom is 0.0547 e. The molecule has 2 nitrogen and oxygen atoms in total. The SMILES string of the molecule is c1ccc(-n2c3ccc(-c4ccc5c(c4)c4ccccc4n5-c4ccc(-c5cccc6sc7ccccc7c56)cc4)cc3c3cc4ccccc4cc32)cc1.